The number of amides is 1. The zero-order chi connectivity index (χ0) is 19.8. The SMILES string of the molecule is CC1CN(CC2CCN(C(=O)c3c(Br)c4ccccc4n3C)CC2)CC(C)O1. The molecule has 0 spiro atoms. The molecule has 28 heavy (non-hydrogen) atoms. The number of carbonyl (C=O) groups excluding carboxylic acids is 1. The highest BCUT2D eigenvalue weighted by atomic mass is 79.9. The first kappa shape index (κ1) is 19.9. The second-order valence-electron chi connectivity index (χ2n) is 8.45. The van der Waals surface area contributed by atoms with Gasteiger partial charge < -0.3 is 14.2 Å². The zero-order valence-electron chi connectivity index (χ0n) is 17.0. The molecule has 0 bridgehead atoms. The molecule has 0 radical (unpaired) electrons. The topological polar surface area (TPSA) is 37.7 Å². The highest BCUT2D eigenvalue weighted by Crippen LogP contribution is 2.32. The normalized spacial score (nSPS) is 24.8. The van der Waals surface area contributed by atoms with Crippen molar-refractivity contribution >= 4 is 32.7 Å². The van der Waals surface area contributed by atoms with E-state index in [1.54, 1.807) is 0 Å². The summed E-state index contributed by atoms with van der Waals surface area (Å²) in [6, 6.07) is 8.16. The van der Waals surface area contributed by atoms with Crippen molar-refractivity contribution in [2.45, 2.75) is 38.9 Å². The van der Waals surface area contributed by atoms with E-state index in [0.29, 0.717) is 18.1 Å². The van der Waals surface area contributed by atoms with Crippen molar-refractivity contribution in [2.24, 2.45) is 13.0 Å². The zero-order valence-corrected chi connectivity index (χ0v) is 18.6. The van der Waals surface area contributed by atoms with E-state index in [1.165, 1.54) is 0 Å². The van der Waals surface area contributed by atoms with Crippen molar-refractivity contribution in [3.8, 4) is 0 Å². The predicted octanol–water partition coefficient (Wildman–Crippen LogP) is 3.90. The third-order valence-electron chi connectivity index (χ3n) is 6.16. The van der Waals surface area contributed by atoms with E-state index in [-0.39, 0.29) is 5.91 Å². The van der Waals surface area contributed by atoms with E-state index in [0.717, 1.165) is 66.6 Å². The molecule has 2 saturated heterocycles. The number of aromatic nitrogens is 1. The molecule has 2 aliphatic rings. The minimum absolute atomic E-state index is 0.137. The molecule has 5 nitrogen and oxygen atoms in total. The summed E-state index contributed by atoms with van der Waals surface area (Å²) >= 11 is 3.67. The van der Waals surface area contributed by atoms with Crippen LogP contribution < -0.4 is 0 Å². The Balaban J connectivity index is 1.40. The third-order valence-corrected chi connectivity index (χ3v) is 6.96. The molecule has 2 atom stereocenters. The Bertz CT molecular complexity index is 808. The van der Waals surface area contributed by atoms with Gasteiger partial charge in [-0.25, -0.2) is 0 Å². The smallest absolute Gasteiger partial charge is 0.271 e. The summed E-state index contributed by atoms with van der Waals surface area (Å²) in [5.41, 5.74) is 1.85. The fourth-order valence-electron chi connectivity index (χ4n) is 4.85. The first-order chi connectivity index (χ1) is 13.4. The monoisotopic (exact) mass is 447 g/mol. The molecular formula is C22H30BrN3O2. The molecule has 2 aromatic rings. The molecule has 4 rings (SSSR count). The molecule has 1 aromatic heterocycles. The Hall–Kier alpha value is -1.37. The number of fused-ring (bicyclic) bond motifs is 1. The van der Waals surface area contributed by atoms with Crippen LogP contribution in [0.1, 0.15) is 37.2 Å². The lowest BCUT2D eigenvalue weighted by atomic mass is 9.95. The minimum Gasteiger partial charge on any atom is -0.373 e. The van der Waals surface area contributed by atoms with Gasteiger partial charge in [0.15, 0.2) is 0 Å². The van der Waals surface area contributed by atoms with E-state index in [4.69, 9.17) is 4.74 Å². The number of hydrogen-bond donors (Lipinski definition) is 0. The van der Waals surface area contributed by atoms with Crippen molar-refractivity contribution < 1.29 is 9.53 Å². The number of nitrogens with zero attached hydrogens (tertiary/aromatic N) is 3. The number of carbonyl (C=O) groups is 1. The maximum Gasteiger partial charge on any atom is 0.271 e. The number of aryl methyl sites for hydroxylation is 1. The Morgan fingerprint density at radius 2 is 1.79 bits per heavy atom. The van der Waals surface area contributed by atoms with Crippen molar-refractivity contribution in [1.82, 2.24) is 14.4 Å². The molecule has 2 aliphatic heterocycles. The first-order valence-corrected chi connectivity index (χ1v) is 11.1. The summed E-state index contributed by atoms with van der Waals surface area (Å²) in [6.45, 7) is 9.16. The molecular weight excluding hydrogens is 418 g/mol. The number of hydrogen-bond acceptors (Lipinski definition) is 3. The van der Waals surface area contributed by atoms with E-state index in [1.807, 2.05) is 28.6 Å². The number of rotatable bonds is 3. The van der Waals surface area contributed by atoms with Crippen LogP contribution in [-0.2, 0) is 11.8 Å². The van der Waals surface area contributed by atoms with Crippen LogP contribution in [0.3, 0.4) is 0 Å². The van der Waals surface area contributed by atoms with Gasteiger partial charge in [-0.3, -0.25) is 9.69 Å². The summed E-state index contributed by atoms with van der Waals surface area (Å²) < 4.78 is 8.78. The van der Waals surface area contributed by atoms with Gasteiger partial charge in [-0.1, -0.05) is 18.2 Å². The molecule has 3 heterocycles. The molecule has 2 fully saturated rings. The van der Waals surface area contributed by atoms with Crippen LogP contribution in [0.5, 0.6) is 0 Å². The largest absolute Gasteiger partial charge is 0.373 e. The van der Waals surface area contributed by atoms with Crippen molar-refractivity contribution in [3.05, 3.63) is 34.4 Å². The maximum absolute atomic E-state index is 13.2. The minimum atomic E-state index is 0.137. The lowest BCUT2D eigenvalue weighted by Crippen LogP contribution is -2.48. The van der Waals surface area contributed by atoms with Crippen molar-refractivity contribution in [1.29, 1.82) is 0 Å². The molecule has 0 aliphatic carbocycles. The highest BCUT2D eigenvalue weighted by molar-refractivity contribution is 9.10. The van der Waals surface area contributed by atoms with E-state index in [9.17, 15) is 4.79 Å². The van der Waals surface area contributed by atoms with Crippen LogP contribution in [0.25, 0.3) is 10.9 Å². The number of morpholine rings is 1. The second kappa shape index (κ2) is 8.17. The number of ether oxygens (including phenoxy) is 1. The van der Waals surface area contributed by atoms with Gasteiger partial charge in [0.25, 0.3) is 5.91 Å². The van der Waals surface area contributed by atoms with Gasteiger partial charge >= 0.3 is 0 Å². The number of para-hydroxylation sites is 1. The lowest BCUT2D eigenvalue weighted by molar-refractivity contribution is -0.0728. The van der Waals surface area contributed by atoms with Crippen LogP contribution in [0.4, 0.5) is 0 Å². The molecule has 0 N–H and O–H groups in total. The molecule has 1 aromatic carbocycles. The van der Waals surface area contributed by atoms with Crippen LogP contribution in [0.2, 0.25) is 0 Å². The predicted molar refractivity (Wildman–Crippen MR) is 116 cm³/mol. The third kappa shape index (κ3) is 3.87. The van der Waals surface area contributed by atoms with Crippen LogP contribution in [-0.4, -0.2) is 65.2 Å². The Labute approximate surface area is 175 Å². The van der Waals surface area contributed by atoms with Gasteiger partial charge in [-0.15, -0.1) is 0 Å². The number of piperidine rings is 1. The Morgan fingerprint density at radius 1 is 1.14 bits per heavy atom. The Morgan fingerprint density at radius 3 is 2.43 bits per heavy atom. The summed E-state index contributed by atoms with van der Waals surface area (Å²) in [6.07, 6.45) is 2.78. The summed E-state index contributed by atoms with van der Waals surface area (Å²) in [5, 5.41) is 1.10. The molecule has 152 valence electrons. The van der Waals surface area contributed by atoms with E-state index >= 15 is 0 Å². The van der Waals surface area contributed by atoms with Gasteiger partial charge in [-0.2, -0.15) is 0 Å². The van der Waals surface area contributed by atoms with Gasteiger partial charge in [-0.05, 0) is 54.6 Å². The quantitative estimate of drug-likeness (QED) is 0.715. The van der Waals surface area contributed by atoms with Crippen molar-refractivity contribution in [3.63, 3.8) is 0 Å². The van der Waals surface area contributed by atoms with Gasteiger partial charge in [0.2, 0.25) is 0 Å². The fraction of sp³-hybridized carbons (Fsp3) is 0.591. The number of likely N-dealkylation sites (tertiary alicyclic amines) is 1. The van der Waals surface area contributed by atoms with Gasteiger partial charge in [0.05, 0.1) is 16.7 Å². The van der Waals surface area contributed by atoms with Crippen LogP contribution >= 0.6 is 15.9 Å². The molecule has 0 saturated carbocycles. The van der Waals surface area contributed by atoms with E-state index in [2.05, 4.69) is 46.8 Å². The summed E-state index contributed by atoms with van der Waals surface area (Å²) in [5.74, 6) is 0.801. The first-order valence-electron chi connectivity index (χ1n) is 10.3. The average molecular weight is 448 g/mol. The van der Waals surface area contributed by atoms with Crippen molar-refractivity contribution in [2.75, 3.05) is 32.7 Å². The average Bonchev–Trinajstić information content (AvgIpc) is 2.92. The Kier molecular flexibility index (Phi) is 5.81. The maximum atomic E-state index is 13.2. The molecule has 6 heteroatoms. The summed E-state index contributed by atoms with van der Waals surface area (Å²) in [4.78, 5) is 17.8. The molecule has 2 unspecified atom stereocenters. The fourth-order valence-corrected chi connectivity index (χ4v) is 5.62. The second-order valence-corrected chi connectivity index (χ2v) is 9.24. The molecule has 1 amide bonds. The number of halogens is 1. The van der Waals surface area contributed by atoms with Crippen LogP contribution in [0.15, 0.2) is 28.7 Å². The number of benzene rings is 1. The van der Waals surface area contributed by atoms with Gasteiger partial charge in [0, 0.05) is 50.7 Å². The van der Waals surface area contributed by atoms with Gasteiger partial charge in [0.1, 0.15) is 5.69 Å². The summed E-state index contributed by atoms with van der Waals surface area (Å²) in [7, 11) is 1.98. The highest BCUT2D eigenvalue weighted by Gasteiger charge is 2.30. The van der Waals surface area contributed by atoms with E-state index < -0.39 is 0 Å². The van der Waals surface area contributed by atoms with Crippen LogP contribution in [0, 0.1) is 5.92 Å². The standard InChI is InChI=1S/C22H30BrN3O2/c1-15-12-25(13-16(2)28-15)14-17-8-10-26(11-9-17)22(27)21-20(23)18-6-4-5-7-19(18)24(21)3/h4-7,15-17H,8-14H2,1-3H3. The lowest BCUT2D eigenvalue weighted by Gasteiger charge is -2.39.